The Morgan fingerprint density at radius 1 is 1.54 bits per heavy atom. The second-order valence-corrected chi connectivity index (χ2v) is 3.08. The maximum Gasteiger partial charge on any atom is 0.231 e. The van der Waals surface area contributed by atoms with Crippen LogP contribution in [0.3, 0.4) is 0 Å². The van der Waals surface area contributed by atoms with Crippen molar-refractivity contribution in [2.45, 2.75) is 6.42 Å². The first kappa shape index (κ1) is 7.81. The van der Waals surface area contributed by atoms with Crippen LogP contribution in [0.1, 0.15) is 11.1 Å². The maximum atomic E-state index is 11.3. The molecule has 2 rings (SSSR count). The van der Waals surface area contributed by atoms with Gasteiger partial charge in [0.05, 0.1) is 18.1 Å². The lowest BCUT2D eigenvalue weighted by Gasteiger charge is -2.09. The summed E-state index contributed by atoms with van der Waals surface area (Å²) in [6, 6.07) is 7.39. The normalized spacial score (nSPS) is 14.2. The van der Waals surface area contributed by atoms with E-state index in [4.69, 9.17) is 5.26 Å². The van der Waals surface area contributed by atoms with Crippen LogP contribution < -0.4 is 4.90 Å². The molecule has 1 aromatic carbocycles. The first-order chi connectivity index (χ1) is 6.22. The molecule has 3 nitrogen and oxygen atoms in total. The molecular weight excluding hydrogens is 164 g/mol. The molecule has 64 valence electrons. The molecule has 0 saturated carbocycles. The zero-order valence-electron chi connectivity index (χ0n) is 7.24. The lowest BCUT2D eigenvalue weighted by molar-refractivity contribution is -0.117. The SMILES string of the molecule is CN1C(=O)Cc2ccc(C#N)cc21. The highest BCUT2D eigenvalue weighted by molar-refractivity contribution is 6.01. The Hall–Kier alpha value is -1.82. The summed E-state index contributed by atoms with van der Waals surface area (Å²) in [6.45, 7) is 0. The highest BCUT2D eigenvalue weighted by Crippen LogP contribution is 2.27. The number of nitrogens with zero attached hydrogens (tertiary/aromatic N) is 2. The number of hydrogen-bond acceptors (Lipinski definition) is 2. The maximum absolute atomic E-state index is 11.3. The van der Waals surface area contributed by atoms with Gasteiger partial charge in [-0.1, -0.05) is 6.07 Å². The van der Waals surface area contributed by atoms with Gasteiger partial charge in [-0.25, -0.2) is 0 Å². The van der Waals surface area contributed by atoms with Crippen LogP contribution in [0, 0.1) is 11.3 Å². The molecule has 3 heteroatoms. The van der Waals surface area contributed by atoms with Crippen LogP contribution in [0.2, 0.25) is 0 Å². The van der Waals surface area contributed by atoms with Crippen molar-refractivity contribution in [3.05, 3.63) is 29.3 Å². The van der Waals surface area contributed by atoms with E-state index in [1.165, 1.54) is 0 Å². The second-order valence-electron chi connectivity index (χ2n) is 3.08. The van der Waals surface area contributed by atoms with Crippen LogP contribution >= 0.6 is 0 Å². The quantitative estimate of drug-likeness (QED) is 0.587. The number of likely N-dealkylation sites (N-methyl/N-ethyl adjacent to an activating group) is 1. The molecule has 0 radical (unpaired) electrons. The summed E-state index contributed by atoms with van der Waals surface area (Å²) in [5.74, 6) is 0.0880. The Kier molecular flexibility index (Phi) is 1.56. The van der Waals surface area contributed by atoms with Gasteiger partial charge in [0.15, 0.2) is 0 Å². The van der Waals surface area contributed by atoms with Crippen molar-refractivity contribution < 1.29 is 4.79 Å². The third-order valence-electron chi connectivity index (χ3n) is 2.29. The molecule has 1 aliphatic heterocycles. The van der Waals surface area contributed by atoms with E-state index in [0.717, 1.165) is 11.3 Å². The molecule has 0 aliphatic carbocycles. The summed E-state index contributed by atoms with van der Waals surface area (Å²) in [5, 5.41) is 8.67. The van der Waals surface area contributed by atoms with E-state index in [-0.39, 0.29) is 5.91 Å². The third kappa shape index (κ3) is 1.07. The molecule has 0 unspecified atom stereocenters. The van der Waals surface area contributed by atoms with E-state index in [0.29, 0.717) is 12.0 Å². The van der Waals surface area contributed by atoms with Crippen molar-refractivity contribution in [3.63, 3.8) is 0 Å². The van der Waals surface area contributed by atoms with Crippen LogP contribution in [0.4, 0.5) is 5.69 Å². The highest BCUT2D eigenvalue weighted by atomic mass is 16.2. The summed E-state index contributed by atoms with van der Waals surface area (Å²) < 4.78 is 0. The van der Waals surface area contributed by atoms with Gasteiger partial charge in [-0.05, 0) is 17.7 Å². The number of nitriles is 1. The van der Waals surface area contributed by atoms with Crippen molar-refractivity contribution in [1.82, 2.24) is 0 Å². The first-order valence-corrected chi connectivity index (χ1v) is 4.02. The average molecular weight is 172 g/mol. The minimum atomic E-state index is 0.0880. The number of fused-ring (bicyclic) bond motifs is 1. The fourth-order valence-corrected chi connectivity index (χ4v) is 1.51. The minimum absolute atomic E-state index is 0.0880. The second kappa shape index (κ2) is 2.60. The minimum Gasteiger partial charge on any atom is -0.315 e. The molecule has 1 amide bonds. The Labute approximate surface area is 76.2 Å². The zero-order chi connectivity index (χ0) is 9.42. The number of amides is 1. The van der Waals surface area contributed by atoms with E-state index < -0.39 is 0 Å². The number of carbonyl (C=O) groups is 1. The molecule has 1 aliphatic rings. The van der Waals surface area contributed by atoms with Gasteiger partial charge in [0.25, 0.3) is 0 Å². The molecule has 1 aromatic rings. The van der Waals surface area contributed by atoms with Crippen molar-refractivity contribution in [2.24, 2.45) is 0 Å². The van der Waals surface area contributed by atoms with E-state index in [2.05, 4.69) is 6.07 Å². The standard InChI is InChI=1S/C10H8N2O/c1-12-9-4-7(6-11)2-3-8(9)5-10(12)13/h2-4H,5H2,1H3. The van der Waals surface area contributed by atoms with E-state index in [1.807, 2.05) is 6.07 Å². The Bertz CT molecular complexity index is 417. The zero-order valence-corrected chi connectivity index (χ0v) is 7.24. The van der Waals surface area contributed by atoms with E-state index in [1.54, 1.807) is 24.1 Å². The topological polar surface area (TPSA) is 44.1 Å². The van der Waals surface area contributed by atoms with E-state index in [9.17, 15) is 4.79 Å². The molecule has 0 aromatic heterocycles. The van der Waals surface area contributed by atoms with Crippen LogP contribution in [-0.2, 0) is 11.2 Å². The fourth-order valence-electron chi connectivity index (χ4n) is 1.51. The Balaban J connectivity index is 2.55. The van der Waals surface area contributed by atoms with Gasteiger partial charge in [-0.2, -0.15) is 5.26 Å². The predicted molar refractivity (Wildman–Crippen MR) is 48.3 cm³/mol. The van der Waals surface area contributed by atoms with Crippen LogP contribution in [0.15, 0.2) is 18.2 Å². The molecule has 13 heavy (non-hydrogen) atoms. The van der Waals surface area contributed by atoms with Gasteiger partial charge in [-0.3, -0.25) is 4.79 Å². The number of hydrogen-bond donors (Lipinski definition) is 0. The number of anilines is 1. The summed E-state index contributed by atoms with van der Waals surface area (Å²) in [4.78, 5) is 12.9. The van der Waals surface area contributed by atoms with Crippen molar-refractivity contribution >= 4 is 11.6 Å². The van der Waals surface area contributed by atoms with E-state index >= 15 is 0 Å². The number of rotatable bonds is 0. The largest absolute Gasteiger partial charge is 0.315 e. The molecule has 0 fully saturated rings. The van der Waals surface area contributed by atoms with Gasteiger partial charge in [0.2, 0.25) is 5.91 Å². The summed E-state index contributed by atoms with van der Waals surface area (Å²) in [5.41, 5.74) is 2.47. The Morgan fingerprint density at radius 3 is 3.00 bits per heavy atom. The highest BCUT2D eigenvalue weighted by Gasteiger charge is 2.23. The van der Waals surface area contributed by atoms with Crippen molar-refractivity contribution in [3.8, 4) is 6.07 Å². The van der Waals surface area contributed by atoms with Crippen LogP contribution in [0.5, 0.6) is 0 Å². The Morgan fingerprint density at radius 2 is 2.31 bits per heavy atom. The van der Waals surface area contributed by atoms with Crippen LogP contribution in [-0.4, -0.2) is 13.0 Å². The molecule has 1 heterocycles. The predicted octanol–water partition coefficient (Wildman–Crippen LogP) is 1.08. The smallest absolute Gasteiger partial charge is 0.231 e. The number of benzene rings is 1. The molecule has 0 atom stereocenters. The molecule has 0 N–H and O–H groups in total. The molecule has 0 spiro atoms. The first-order valence-electron chi connectivity index (χ1n) is 4.02. The molecular formula is C10H8N2O. The van der Waals surface area contributed by atoms with Gasteiger partial charge in [0.1, 0.15) is 0 Å². The van der Waals surface area contributed by atoms with Crippen molar-refractivity contribution in [2.75, 3.05) is 11.9 Å². The molecule has 0 saturated heterocycles. The van der Waals surface area contributed by atoms with Gasteiger partial charge < -0.3 is 4.90 Å². The summed E-state index contributed by atoms with van der Waals surface area (Å²) >= 11 is 0. The summed E-state index contributed by atoms with van der Waals surface area (Å²) in [7, 11) is 1.73. The fraction of sp³-hybridized carbons (Fsp3) is 0.200. The lowest BCUT2D eigenvalue weighted by atomic mass is 10.1. The van der Waals surface area contributed by atoms with Gasteiger partial charge in [-0.15, -0.1) is 0 Å². The summed E-state index contributed by atoms with van der Waals surface area (Å²) in [6.07, 6.45) is 0.456. The van der Waals surface area contributed by atoms with Crippen LogP contribution in [0.25, 0.3) is 0 Å². The van der Waals surface area contributed by atoms with Gasteiger partial charge in [0, 0.05) is 12.7 Å². The average Bonchev–Trinajstić information content (AvgIpc) is 2.43. The third-order valence-corrected chi connectivity index (χ3v) is 2.29. The monoisotopic (exact) mass is 172 g/mol. The lowest BCUT2D eigenvalue weighted by Crippen LogP contribution is -2.20. The molecule has 0 bridgehead atoms. The number of carbonyl (C=O) groups excluding carboxylic acids is 1. The van der Waals surface area contributed by atoms with Crippen molar-refractivity contribution in [1.29, 1.82) is 5.26 Å². The van der Waals surface area contributed by atoms with Gasteiger partial charge >= 0.3 is 0 Å².